The van der Waals surface area contributed by atoms with E-state index in [2.05, 4.69) is 15.0 Å². The van der Waals surface area contributed by atoms with Crippen LogP contribution >= 0.6 is 0 Å². The third-order valence-electron chi connectivity index (χ3n) is 3.17. The van der Waals surface area contributed by atoms with E-state index in [-0.39, 0.29) is 6.54 Å². The number of hydrogen-bond acceptors (Lipinski definition) is 4. The first-order chi connectivity index (χ1) is 9.19. The molecule has 6 heteroatoms. The topological polar surface area (TPSA) is 92.8 Å². The van der Waals surface area contributed by atoms with Crippen LogP contribution in [0.3, 0.4) is 0 Å². The minimum Gasteiger partial charge on any atom is -0.384 e. The van der Waals surface area contributed by atoms with Crippen LogP contribution in [0.1, 0.15) is 11.9 Å². The van der Waals surface area contributed by atoms with Gasteiger partial charge in [-0.25, -0.2) is 9.97 Å². The lowest BCUT2D eigenvalue weighted by atomic mass is 10.1. The minimum absolute atomic E-state index is 0.145. The van der Waals surface area contributed by atoms with Crippen LogP contribution in [0, 0.1) is 0 Å². The van der Waals surface area contributed by atoms with Gasteiger partial charge in [0, 0.05) is 19.2 Å². The summed E-state index contributed by atoms with van der Waals surface area (Å²) in [5.74, 6) is 0.485. The van der Waals surface area contributed by atoms with Gasteiger partial charge >= 0.3 is 0 Å². The van der Waals surface area contributed by atoms with Crippen molar-refractivity contribution in [3.8, 4) is 11.3 Å². The van der Waals surface area contributed by atoms with Crippen molar-refractivity contribution >= 4 is 11.0 Å². The Hall–Kier alpha value is -2.18. The third-order valence-corrected chi connectivity index (χ3v) is 3.17. The van der Waals surface area contributed by atoms with E-state index in [1.54, 1.807) is 12.5 Å². The molecule has 6 nitrogen and oxygen atoms in total. The molecule has 1 atom stereocenters. The first kappa shape index (κ1) is 11.9. The fourth-order valence-electron chi connectivity index (χ4n) is 2.07. The molecule has 19 heavy (non-hydrogen) atoms. The maximum atomic E-state index is 9.63. The summed E-state index contributed by atoms with van der Waals surface area (Å²) >= 11 is 0. The van der Waals surface area contributed by atoms with Crippen LogP contribution < -0.4 is 5.73 Å². The van der Waals surface area contributed by atoms with Crippen molar-refractivity contribution in [3.63, 3.8) is 0 Å². The highest BCUT2D eigenvalue weighted by atomic mass is 16.3. The standard InChI is InChI=1S/C13H15N5O/c1-18-7-16-9-4-8(2-3-11(9)18)10-6-15-13(17-10)12(19)5-14/h2-4,6-7,12,19H,5,14H2,1H3,(H,15,17). The molecule has 0 spiro atoms. The van der Waals surface area contributed by atoms with E-state index in [0.29, 0.717) is 5.82 Å². The molecule has 0 aliphatic rings. The number of H-pyrrole nitrogens is 1. The first-order valence-electron chi connectivity index (χ1n) is 6.03. The van der Waals surface area contributed by atoms with E-state index in [9.17, 15) is 5.11 Å². The number of aliphatic hydroxyl groups is 1. The van der Waals surface area contributed by atoms with Crippen molar-refractivity contribution < 1.29 is 5.11 Å². The summed E-state index contributed by atoms with van der Waals surface area (Å²) in [7, 11) is 1.96. The summed E-state index contributed by atoms with van der Waals surface area (Å²) in [6.45, 7) is 0.145. The van der Waals surface area contributed by atoms with Crippen LogP contribution in [0.15, 0.2) is 30.7 Å². The van der Waals surface area contributed by atoms with Crippen LogP contribution in [-0.4, -0.2) is 31.2 Å². The second-order valence-corrected chi connectivity index (χ2v) is 4.49. The molecule has 3 aromatic rings. The summed E-state index contributed by atoms with van der Waals surface area (Å²) in [6, 6.07) is 6.00. The number of hydrogen-bond donors (Lipinski definition) is 3. The number of fused-ring (bicyclic) bond motifs is 1. The summed E-state index contributed by atoms with van der Waals surface area (Å²) in [4.78, 5) is 11.5. The Kier molecular flexibility index (Phi) is 2.81. The zero-order valence-corrected chi connectivity index (χ0v) is 10.5. The highest BCUT2D eigenvalue weighted by Gasteiger charge is 2.11. The molecule has 98 valence electrons. The highest BCUT2D eigenvalue weighted by molar-refractivity contribution is 5.81. The van der Waals surface area contributed by atoms with Crippen molar-refractivity contribution in [2.75, 3.05) is 6.54 Å². The maximum Gasteiger partial charge on any atom is 0.136 e. The molecule has 2 aromatic heterocycles. The molecule has 0 fully saturated rings. The number of aromatic nitrogens is 4. The Morgan fingerprint density at radius 2 is 2.26 bits per heavy atom. The smallest absolute Gasteiger partial charge is 0.136 e. The predicted octanol–water partition coefficient (Wildman–Crippen LogP) is 0.955. The number of nitrogens with zero attached hydrogens (tertiary/aromatic N) is 3. The van der Waals surface area contributed by atoms with Crippen molar-refractivity contribution in [1.29, 1.82) is 0 Å². The van der Waals surface area contributed by atoms with Crippen LogP contribution in [-0.2, 0) is 7.05 Å². The van der Waals surface area contributed by atoms with Crippen LogP contribution in [0.2, 0.25) is 0 Å². The fourth-order valence-corrected chi connectivity index (χ4v) is 2.07. The number of imidazole rings is 2. The van der Waals surface area contributed by atoms with Gasteiger partial charge in [-0.2, -0.15) is 0 Å². The van der Waals surface area contributed by atoms with Gasteiger partial charge in [-0.05, 0) is 12.1 Å². The Morgan fingerprint density at radius 3 is 3.05 bits per heavy atom. The number of aliphatic hydroxyl groups excluding tert-OH is 1. The summed E-state index contributed by atoms with van der Waals surface area (Å²) in [6.07, 6.45) is 2.72. The molecule has 1 aromatic carbocycles. The fraction of sp³-hybridized carbons (Fsp3) is 0.231. The van der Waals surface area contributed by atoms with Gasteiger partial charge < -0.3 is 20.4 Å². The largest absolute Gasteiger partial charge is 0.384 e. The molecule has 0 aliphatic carbocycles. The van der Waals surface area contributed by atoms with Crippen molar-refractivity contribution in [3.05, 3.63) is 36.5 Å². The molecule has 0 amide bonds. The third kappa shape index (κ3) is 2.00. The zero-order chi connectivity index (χ0) is 13.4. The lowest BCUT2D eigenvalue weighted by molar-refractivity contribution is 0.177. The van der Waals surface area contributed by atoms with Gasteiger partial charge in [0.15, 0.2) is 0 Å². The average molecular weight is 257 g/mol. The van der Waals surface area contributed by atoms with Crippen LogP contribution in [0.5, 0.6) is 0 Å². The molecular weight excluding hydrogens is 242 g/mol. The Balaban J connectivity index is 2.01. The normalized spacial score (nSPS) is 13.0. The molecule has 0 bridgehead atoms. The Labute approximate surface area is 109 Å². The number of benzene rings is 1. The predicted molar refractivity (Wildman–Crippen MR) is 72.3 cm³/mol. The monoisotopic (exact) mass is 257 g/mol. The van der Waals surface area contributed by atoms with E-state index >= 15 is 0 Å². The molecule has 0 saturated carbocycles. The molecular formula is C13H15N5O. The molecule has 2 heterocycles. The minimum atomic E-state index is -0.757. The van der Waals surface area contributed by atoms with Gasteiger partial charge in [-0.3, -0.25) is 0 Å². The molecule has 1 unspecified atom stereocenters. The quantitative estimate of drug-likeness (QED) is 0.651. The van der Waals surface area contributed by atoms with Gasteiger partial charge in [0.2, 0.25) is 0 Å². The van der Waals surface area contributed by atoms with Gasteiger partial charge in [-0.1, -0.05) is 6.07 Å². The van der Waals surface area contributed by atoms with E-state index in [1.807, 2.05) is 29.8 Å². The number of aryl methyl sites for hydroxylation is 1. The SMILES string of the molecule is Cn1cnc2cc(-c3cnc(C(O)CN)[nH]3)ccc21. The number of aromatic amines is 1. The number of nitrogens with two attached hydrogens (primary N) is 1. The van der Waals surface area contributed by atoms with Crippen molar-refractivity contribution in [1.82, 2.24) is 19.5 Å². The lowest BCUT2D eigenvalue weighted by Crippen LogP contribution is -2.12. The van der Waals surface area contributed by atoms with Crippen LogP contribution in [0.4, 0.5) is 0 Å². The van der Waals surface area contributed by atoms with Crippen molar-refractivity contribution in [2.24, 2.45) is 12.8 Å². The Morgan fingerprint density at radius 1 is 1.42 bits per heavy atom. The highest BCUT2D eigenvalue weighted by Crippen LogP contribution is 2.23. The summed E-state index contributed by atoms with van der Waals surface area (Å²) in [5, 5.41) is 9.63. The number of rotatable bonds is 3. The average Bonchev–Trinajstić information content (AvgIpc) is 3.05. The van der Waals surface area contributed by atoms with Gasteiger partial charge in [0.05, 0.1) is 29.3 Å². The molecule has 0 saturated heterocycles. The van der Waals surface area contributed by atoms with Gasteiger partial charge in [-0.15, -0.1) is 0 Å². The maximum absolute atomic E-state index is 9.63. The zero-order valence-electron chi connectivity index (χ0n) is 10.5. The second-order valence-electron chi connectivity index (χ2n) is 4.49. The van der Waals surface area contributed by atoms with Gasteiger partial charge in [0.1, 0.15) is 11.9 Å². The number of nitrogens with one attached hydrogen (secondary N) is 1. The van der Waals surface area contributed by atoms with Crippen LogP contribution in [0.25, 0.3) is 22.3 Å². The van der Waals surface area contributed by atoms with Crippen molar-refractivity contribution in [2.45, 2.75) is 6.10 Å². The van der Waals surface area contributed by atoms with Gasteiger partial charge in [0.25, 0.3) is 0 Å². The molecule has 3 rings (SSSR count). The molecule has 0 aliphatic heterocycles. The van der Waals surface area contributed by atoms with E-state index in [4.69, 9.17) is 5.73 Å². The van der Waals surface area contributed by atoms with E-state index in [0.717, 1.165) is 22.3 Å². The summed E-state index contributed by atoms with van der Waals surface area (Å²) in [5.41, 5.74) is 9.23. The van der Waals surface area contributed by atoms with E-state index in [1.165, 1.54) is 0 Å². The van der Waals surface area contributed by atoms with E-state index < -0.39 is 6.10 Å². The summed E-state index contributed by atoms with van der Waals surface area (Å²) < 4.78 is 1.97. The molecule has 4 N–H and O–H groups in total. The Bertz CT molecular complexity index is 715. The first-order valence-corrected chi connectivity index (χ1v) is 6.03. The molecule has 0 radical (unpaired) electrons. The second kappa shape index (κ2) is 4.49. The lowest BCUT2D eigenvalue weighted by Gasteiger charge is -2.03.